The number of carbonyl (C=O) groups excluding carboxylic acids is 2. The van der Waals surface area contributed by atoms with Gasteiger partial charge in [-0.2, -0.15) is 0 Å². The molecule has 0 aliphatic rings. The lowest BCUT2D eigenvalue weighted by Crippen LogP contribution is -2.42. The minimum atomic E-state index is -0.980. The van der Waals surface area contributed by atoms with E-state index in [9.17, 15) is 18.4 Å². The van der Waals surface area contributed by atoms with Gasteiger partial charge in [0.15, 0.2) is 17.4 Å². The summed E-state index contributed by atoms with van der Waals surface area (Å²) in [6, 6.07) is 6.31. The van der Waals surface area contributed by atoms with Crippen molar-refractivity contribution in [2.75, 3.05) is 5.75 Å². The number of hydrazine groups is 1. The second-order valence-corrected chi connectivity index (χ2v) is 4.89. The van der Waals surface area contributed by atoms with E-state index >= 15 is 0 Å². The van der Waals surface area contributed by atoms with Crippen LogP contribution in [0.2, 0.25) is 0 Å². The fourth-order valence-corrected chi connectivity index (χ4v) is 2.07. The zero-order valence-corrected chi connectivity index (χ0v) is 11.4. The Balaban J connectivity index is 1.77. The molecule has 1 aromatic carbocycles. The third kappa shape index (κ3) is 4.32. The highest BCUT2D eigenvalue weighted by Crippen LogP contribution is 2.19. The number of nitrogens with one attached hydrogen (secondary N) is 2. The molecule has 0 spiro atoms. The van der Waals surface area contributed by atoms with Crippen molar-refractivity contribution in [3.8, 4) is 0 Å². The molecule has 0 aliphatic carbocycles. The number of halogens is 2. The normalized spacial score (nSPS) is 10.2. The van der Waals surface area contributed by atoms with Gasteiger partial charge in [0.05, 0.1) is 12.0 Å². The molecule has 0 radical (unpaired) electrons. The Morgan fingerprint density at radius 3 is 2.62 bits per heavy atom. The summed E-state index contributed by atoms with van der Waals surface area (Å²) in [6.45, 7) is 0. The standard InChI is InChI=1S/C13H10F2N2O3S/c14-9-4-3-8(6-10(9)15)21-7-12(18)16-17-13(19)11-2-1-5-20-11/h1-6H,7H2,(H,16,18)(H,17,19). The molecule has 2 aromatic rings. The summed E-state index contributed by atoms with van der Waals surface area (Å²) in [5.41, 5.74) is 4.34. The first kappa shape index (κ1) is 15.0. The molecule has 0 fully saturated rings. The van der Waals surface area contributed by atoms with Crippen LogP contribution in [-0.4, -0.2) is 17.6 Å². The number of benzene rings is 1. The van der Waals surface area contributed by atoms with Crippen LogP contribution in [0.1, 0.15) is 10.6 Å². The molecule has 5 nitrogen and oxygen atoms in total. The molecule has 1 heterocycles. The Hall–Kier alpha value is -2.35. The largest absolute Gasteiger partial charge is 0.459 e. The molecular formula is C13H10F2N2O3S. The highest BCUT2D eigenvalue weighted by Gasteiger charge is 2.10. The van der Waals surface area contributed by atoms with E-state index in [0.29, 0.717) is 4.90 Å². The number of carbonyl (C=O) groups is 2. The van der Waals surface area contributed by atoms with Gasteiger partial charge in [-0.15, -0.1) is 11.8 Å². The van der Waals surface area contributed by atoms with Crippen molar-refractivity contribution in [2.24, 2.45) is 0 Å². The van der Waals surface area contributed by atoms with Gasteiger partial charge >= 0.3 is 5.91 Å². The third-order valence-corrected chi connectivity index (χ3v) is 3.32. The van der Waals surface area contributed by atoms with Gasteiger partial charge in [0, 0.05) is 4.90 Å². The lowest BCUT2D eigenvalue weighted by Gasteiger charge is -2.06. The lowest BCUT2D eigenvalue weighted by molar-refractivity contribution is -0.119. The van der Waals surface area contributed by atoms with Gasteiger partial charge < -0.3 is 4.42 Å². The van der Waals surface area contributed by atoms with Crippen LogP contribution in [0.5, 0.6) is 0 Å². The zero-order chi connectivity index (χ0) is 15.2. The molecule has 2 rings (SSSR count). The van der Waals surface area contributed by atoms with E-state index in [4.69, 9.17) is 4.42 Å². The number of rotatable bonds is 4. The summed E-state index contributed by atoms with van der Waals surface area (Å²) in [7, 11) is 0. The second-order valence-electron chi connectivity index (χ2n) is 3.84. The minimum absolute atomic E-state index is 0.0589. The summed E-state index contributed by atoms with van der Waals surface area (Å²) in [5.74, 6) is -3.02. The van der Waals surface area contributed by atoms with Crippen molar-refractivity contribution in [2.45, 2.75) is 4.90 Å². The average Bonchev–Trinajstić information content (AvgIpc) is 3.00. The zero-order valence-electron chi connectivity index (χ0n) is 10.6. The topological polar surface area (TPSA) is 71.3 Å². The highest BCUT2D eigenvalue weighted by atomic mass is 32.2. The Morgan fingerprint density at radius 2 is 1.95 bits per heavy atom. The summed E-state index contributed by atoms with van der Waals surface area (Å²) < 4.78 is 30.5. The number of hydrogen-bond acceptors (Lipinski definition) is 4. The van der Waals surface area contributed by atoms with Crippen LogP contribution in [-0.2, 0) is 4.79 Å². The second kappa shape index (κ2) is 6.89. The van der Waals surface area contributed by atoms with E-state index in [1.165, 1.54) is 24.5 Å². The van der Waals surface area contributed by atoms with E-state index in [-0.39, 0.29) is 11.5 Å². The molecule has 0 atom stereocenters. The van der Waals surface area contributed by atoms with Gasteiger partial charge in [-0.25, -0.2) is 8.78 Å². The molecule has 0 saturated heterocycles. The van der Waals surface area contributed by atoms with Gasteiger partial charge in [-0.3, -0.25) is 20.4 Å². The fraction of sp³-hybridized carbons (Fsp3) is 0.0769. The van der Waals surface area contributed by atoms with Gasteiger partial charge in [0.25, 0.3) is 0 Å². The van der Waals surface area contributed by atoms with Crippen LogP contribution in [0.15, 0.2) is 45.9 Å². The van der Waals surface area contributed by atoms with Crippen LogP contribution >= 0.6 is 11.8 Å². The van der Waals surface area contributed by atoms with Gasteiger partial charge in [0.1, 0.15) is 0 Å². The number of furan rings is 1. The number of hydrogen-bond donors (Lipinski definition) is 2. The lowest BCUT2D eigenvalue weighted by atomic mass is 10.3. The van der Waals surface area contributed by atoms with Crippen LogP contribution in [0.4, 0.5) is 8.78 Å². The SMILES string of the molecule is O=C(CSc1ccc(F)c(F)c1)NNC(=O)c1ccco1. The molecule has 21 heavy (non-hydrogen) atoms. The summed E-state index contributed by atoms with van der Waals surface area (Å²) in [6.07, 6.45) is 1.33. The molecule has 110 valence electrons. The predicted molar refractivity (Wildman–Crippen MR) is 71.4 cm³/mol. The third-order valence-electron chi connectivity index (χ3n) is 2.32. The van der Waals surface area contributed by atoms with Gasteiger partial charge in [0.2, 0.25) is 5.91 Å². The maximum atomic E-state index is 13.0. The molecule has 2 N–H and O–H groups in total. The van der Waals surface area contributed by atoms with E-state index in [0.717, 1.165) is 23.9 Å². The Bertz CT molecular complexity index is 647. The molecule has 0 aliphatic heterocycles. The quantitative estimate of drug-likeness (QED) is 0.670. The molecule has 0 unspecified atom stereocenters. The monoisotopic (exact) mass is 312 g/mol. The maximum Gasteiger partial charge on any atom is 0.305 e. The molecule has 2 amide bonds. The van der Waals surface area contributed by atoms with E-state index in [1.54, 1.807) is 0 Å². The first-order chi connectivity index (χ1) is 10.1. The van der Waals surface area contributed by atoms with Crippen molar-refractivity contribution < 1.29 is 22.8 Å². The highest BCUT2D eigenvalue weighted by molar-refractivity contribution is 8.00. The minimum Gasteiger partial charge on any atom is -0.459 e. The Kier molecular flexibility index (Phi) is 4.94. The van der Waals surface area contributed by atoms with E-state index in [1.807, 2.05) is 0 Å². The van der Waals surface area contributed by atoms with Crippen molar-refractivity contribution in [1.82, 2.24) is 10.9 Å². The Labute approximate surface area is 122 Å². The molecule has 0 bridgehead atoms. The number of thioether (sulfide) groups is 1. The van der Waals surface area contributed by atoms with E-state index in [2.05, 4.69) is 10.9 Å². The summed E-state index contributed by atoms with van der Waals surface area (Å²) in [5, 5.41) is 0. The van der Waals surface area contributed by atoms with Crippen molar-refractivity contribution in [3.05, 3.63) is 54.0 Å². The molecular weight excluding hydrogens is 302 g/mol. The van der Waals surface area contributed by atoms with E-state index < -0.39 is 23.4 Å². The van der Waals surface area contributed by atoms with Crippen molar-refractivity contribution in [1.29, 1.82) is 0 Å². The smallest absolute Gasteiger partial charge is 0.305 e. The first-order valence-electron chi connectivity index (χ1n) is 5.77. The van der Waals surface area contributed by atoms with Crippen LogP contribution in [0, 0.1) is 11.6 Å². The van der Waals surface area contributed by atoms with Crippen molar-refractivity contribution >= 4 is 23.6 Å². The molecule has 1 aromatic heterocycles. The van der Waals surface area contributed by atoms with Gasteiger partial charge in [-0.1, -0.05) is 0 Å². The maximum absolute atomic E-state index is 13.0. The van der Waals surface area contributed by atoms with Crippen LogP contribution in [0.25, 0.3) is 0 Å². The first-order valence-corrected chi connectivity index (χ1v) is 6.75. The van der Waals surface area contributed by atoms with Crippen LogP contribution < -0.4 is 10.9 Å². The fourth-order valence-electron chi connectivity index (χ4n) is 1.35. The predicted octanol–water partition coefficient (Wildman–Crippen LogP) is 2.11. The summed E-state index contributed by atoms with van der Waals surface area (Å²) >= 11 is 1.01. The van der Waals surface area contributed by atoms with Gasteiger partial charge in [-0.05, 0) is 30.3 Å². The molecule has 8 heteroatoms. The summed E-state index contributed by atoms with van der Waals surface area (Å²) in [4.78, 5) is 23.4. The Morgan fingerprint density at radius 1 is 1.14 bits per heavy atom. The van der Waals surface area contributed by atoms with Crippen LogP contribution in [0.3, 0.4) is 0 Å². The van der Waals surface area contributed by atoms with Crippen molar-refractivity contribution in [3.63, 3.8) is 0 Å². The molecule has 0 saturated carbocycles. The average molecular weight is 312 g/mol. The number of amides is 2.